The Labute approximate surface area is 224 Å². The predicted molar refractivity (Wildman–Crippen MR) is 136 cm³/mol. The van der Waals surface area contributed by atoms with Gasteiger partial charge < -0.3 is 30.6 Å². The van der Waals surface area contributed by atoms with E-state index in [0.717, 1.165) is 41.8 Å². The van der Waals surface area contributed by atoms with Crippen molar-refractivity contribution >= 4 is 69.3 Å². The number of aliphatic carboxylic acids is 2. The largest absolute Gasteiger partial charge is 0.478 e. The zero-order valence-corrected chi connectivity index (χ0v) is 22.4. The number of likely N-dealkylation sites (tertiary alicyclic amines) is 1. The van der Waals surface area contributed by atoms with Gasteiger partial charge in [0, 0.05) is 24.2 Å². The van der Waals surface area contributed by atoms with Crippen molar-refractivity contribution < 1.29 is 38.7 Å². The van der Waals surface area contributed by atoms with Gasteiger partial charge in [-0.1, -0.05) is 28.1 Å². The minimum atomic E-state index is -1.38. The van der Waals surface area contributed by atoms with Crippen molar-refractivity contribution in [3.05, 3.63) is 21.3 Å². The van der Waals surface area contributed by atoms with Gasteiger partial charge in [0.1, 0.15) is 33.7 Å². The fourth-order valence-corrected chi connectivity index (χ4v) is 6.83. The molecule has 1 aromatic rings. The van der Waals surface area contributed by atoms with Crippen LogP contribution in [0.4, 0.5) is 5.13 Å². The minimum absolute atomic E-state index is 0.0193. The number of nitrogens with one attached hydrogen (secondary N) is 1. The maximum absolute atomic E-state index is 13.1. The topological polar surface area (TPSA) is 185 Å². The molecular weight excluding hydrogens is 548 g/mol. The number of nitrogens with two attached hydrogens (primary N) is 1. The molecule has 0 saturated carbocycles. The SMILES string of the molecule is C[C@H](O/N=C(\C(=O)N[C@@H]1C(=O)N2C(C(=O)O)=C(C[N+]3(C)CCCC3)CSC12)c1nc(N)sc1Cl)C(=O)O. The number of rotatable bonds is 9. The summed E-state index contributed by atoms with van der Waals surface area (Å²) in [5.41, 5.74) is 5.74. The van der Waals surface area contributed by atoms with Crippen molar-refractivity contribution in [3.8, 4) is 0 Å². The number of aromatic nitrogens is 1. The van der Waals surface area contributed by atoms with E-state index in [-0.39, 0.29) is 20.9 Å². The summed E-state index contributed by atoms with van der Waals surface area (Å²) in [6.07, 6.45) is 0.771. The number of oxime groups is 1. The maximum atomic E-state index is 13.1. The number of likely N-dealkylation sites (N-methyl/N-ethyl adjacent to an activating group) is 1. The highest BCUT2D eigenvalue weighted by Crippen LogP contribution is 2.41. The van der Waals surface area contributed by atoms with Gasteiger partial charge in [0.05, 0.1) is 20.1 Å². The molecule has 0 radical (unpaired) electrons. The summed E-state index contributed by atoms with van der Waals surface area (Å²) in [7, 11) is 2.09. The first kappa shape index (κ1) is 27.2. The number of thiazole rings is 1. The number of thioether (sulfide) groups is 1. The molecule has 200 valence electrons. The molecule has 4 heterocycles. The van der Waals surface area contributed by atoms with E-state index in [1.807, 2.05) is 0 Å². The summed E-state index contributed by atoms with van der Waals surface area (Å²) in [5.74, 6) is -3.57. The average Bonchev–Trinajstić information content (AvgIpc) is 3.41. The van der Waals surface area contributed by atoms with Crippen molar-refractivity contribution in [2.45, 2.75) is 37.3 Å². The number of hydrogen-bond acceptors (Lipinski definition) is 10. The standard InChI is InChI=1S/C21H25ClN6O7S2/c1-9(19(31)32)35-26-12(11-15(22)37-21(23)25-11)16(29)24-13-17(30)27-14(20(33)34)10(8-36-18(13)27)7-28(2)5-3-4-6-28/h9,13,18H,3-8H2,1-2H3,(H4-,23,24,25,29,31,32,33,34)/p+1/b26-12-/t9-,13+,18?/m0/s1. The summed E-state index contributed by atoms with van der Waals surface area (Å²) in [6.45, 7) is 3.66. The van der Waals surface area contributed by atoms with Crippen molar-refractivity contribution in [1.29, 1.82) is 0 Å². The summed E-state index contributed by atoms with van der Waals surface area (Å²) in [5, 5.41) is 24.6. The van der Waals surface area contributed by atoms with Crippen molar-refractivity contribution in [2.24, 2.45) is 5.16 Å². The van der Waals surface area contributed by atoms with Gasteiger partial charge in [-0.05, 0) is 6.92 Å². The molecule has 0 aliphatic carbocycles. The molecule has 0 spiro atoms. The Morgan fingerprint density at radius 2 is 2.03 bits per heavy atom. The molecular formula is C21H26ClN6O7S2+. The van der Waals surface area contributed by atoms with E-state index in [1.54, 1.807) is 0 Å². The second kappa shape index (κ2) is 10.5. The van der Waals surface area contributed by atoms with Crippen LogP contribution in [-0.2, 0) is 24.0 Å². The molecule has 2 amide bonds. The van der Waals surface area contributed by atoms with Gasteiger partial charge in [0.15, 0.2) is 10.8 Å². The van der Waals surface area contributed by atoms with Crippen LogP contribution < -0.4 is 11.1 Å². The molecule has 4 rings (SSSR count). The molecule has 3 atom stereocenters. The van der Waals surface area contributed by atoms with Crippen molar-refractivity contribution in [2.75, 3.05) is 38.2 Å². The first-order valence-electron chi connectivity index (χ1n) is 11.3. The Balaban J connectivity index is 1.55. The Morgan fingerprint density at radius 1 is 1.35 bits per heavy atom. The third-order valence-electron chi connectivity index (χ3n) is 6.45. The van der Waals surface area contributed by atoms with Crippen LogP contribution in [-0.4, -0.2) is 104 Å². The highest BCUT2D eigenvalue weighted by atomic mass is 35.5. The lowest BCUT2D eigenvalue weighted by Gasteiger charge is -2.49. The zero-order chi connectivity index (χ0) is 27.1. The average molecular weight is 574 g/mol. The van der Waals surface area contributed by atoms with Crippen LogP contribution in [0.2, 0.25) is 4.34 Å². The molecule has 2 saturated heterocycles. The highest BCUT2D eigenvalue weighted by molar-refractivity contribution is 8.00. The van der Waals surface area contributed by atoms with Gasteiger partial charge in [-0.15, -0.1) is 11.8 Å². The number of fused-ring (bicyclic) bond motifs is 1. The number of amides is 2. The quantitative estimate of drug-likeness (QED) is 0.141. The molecule has 13 nitrogen and oxygen atoms in total. The van der Waals surface area contributed by atoms with E-state index in [9.17, 15) is 24.3 Å². The molecule has 1 unspecified atom stereocenters. The molecule has 5 N–H and O–H groups in total. The first-order chi connectivity index (χ1) is 17.4. The summed E-state index contributed by atoms with van der Waals surface area (Å²) < 4.78 is 0.747. The lowest BCUT2D eigenvalue weighted by Crippen LogP contribution is -2.71. The summed E-state index contributed by atoms with van der Waals surface area (Å²) in [6, 6.07) is -1.04. The van der Waals surface area contributed by atoms with E-state index in [1.165, 1.54) is 23.6 Å². The first-order valence-corrected chi connectivity index (χ1v) is 13.6. The van der Waals surface area contributed by atoms with Crippen LogP contribution in [0.5, 0.6) is 0 Å². The number of anilines is 1. The van der Waals surface area contributed by atoms with Gasteiger partial charge in [-0.25, -0.2) is 14.6 Å². The van der Waals surface area contributed by atoms with Crippen molar-refractivity contribution in [3.63, 3.8) is 0 Å². The number of carboxylic acid groups (broad SMARTS) is 2. The lowest BCUT2D eigenvalue weighted by molar-refractivity contribution is -0.893. The minimum Gasteiger partial charge on any atom is -0.478 e. The number of carboxylic acids is 2. The van der Waals surface area contributed by atoms with E-state index < -0.39 is 47.0 Å². The molecule has 0 bridgehead atoms. The van der Waals surface area contributed by atoms with Crippen LogP contribution >= 0.6 is 34.7 Å². The third-order valence-corrected chi connectivity index (χ3v) is 8.87. The number of nitrogen functional groups attached to an aromatic ring is 1. The monoisotopic (exact) mass is 573 g/mol. The van der Waals surface area contributed by atoms with Gasteiger partial charge in [-0.2, -0.15) is 0 Å². The predicted octanol–water partition coefficient (Wildman–Crippen LogP) is 0.552. The number of quaternary nitrogens is 1. The third kappa shape index (κ3) is 5.39. The van der Waals surface area contributed by atoms with Gasteiger partial charge >= 0.3 is 11.9 Å². The fraction of sp³-hybridized carbons (Fsp3) is 0.524. The second-order valence-electron chi connectivity index (χ2n) is 9.25. The van der Waals surface area contributed by atoms with Crippen molar-refractivity contribution in [1.82, 2.24) is 15.2 Å². The van der Waals surface area contributed by atoms with Crippen LogP contribution in [0.15, 0.2) is 16.4 Å². The zero-order valence-electron chi connectivity index (χ0n) is 20.0. The van der Waals surface area contributed by atoms with E-state index in [4.69, 9.17) is 27.3 Å². The van der Waals surface area contributed by atoms with Gasteiger partial charge in [0.2, 0.25) is 6.10 Å². The van der Waals surface area contributed by atoms with Crippen LogP contribution in [0.3, 0.4) is 0 Å². The molecule has 3 aliphatic rings. The van der Waals surface area contributed by atoms with Crippen LogP contribution in [0.1, 0.15) is 25.5 Å². The van der Waals surface area contributed by atoms with E-state index in [0.29, 0.717) is 17.9 Å². The Morgan fingerprint density at radius 3 is 2.59 bits per heavy atom. The molecule has 37 heavy (non-hydrogen) atoms. The number of carbonyl (C=O) groups is 4. The second-order valence-corrected chi connectivity index (χ2v) is 12.0. The number of β-lactam (4-membered cyclic amide) rings is 1. The Hall–Kier alpha value is -2.88. The molecule has 0 aromatic carbocycles. The molecule has 2 fully saturated rings. The Kier molecular flexibility index (Phi) is 7.69. The highest BCUT2D eigenvalue weighted by Gasteiger charge is 2.55. The number of nitrogens with zero attached hydrogens (tertiary/aromatic N) is 4. The number of carbonyl (C=O) groups excluding carboxylic acids is 2. The number of halogens is 1. The number of hydrogen-bond donors (Lipinski definition) is 4. The Bertz CT molecular complexity index is 1210. The smallest absolute Gasteiger partial charge is 0.352 e. The maximum Gasteiger partial charge on any atom is 0.352 e. The molecule has 1 aromatic heterocycles. The molecule has 3 aliphatic heterocycles. The summed E-state index contributed by atoms with van der Waals surface area (Å²) >= 11 is 8.37. The molecule has 16 heteroatoms. The summed E-state index contributed by atoms with van der Waals surface area (Å²) in [4.78, 5) is 59.6. The lowest BCUT2D eigenvalue weighted by atomic mass is 10.0. The fourth-order valence-electron chi connectivity index (χ4n) is 4.56. The van der Waals surface area contributed by atoms with Gasteiger partial charge in [-0.3, -0.25) is 14.5 Å². The van der Waals surface area contributed by atoms with E-state index >= 15 is 0 Å². The van der Waals surface area contributed by atoms with Gasteiger partial charge in [0.25, 0.3) is 11.8 Å². The van der Waals surface area contributed by atoms with Crippen LogP contribution in [0, 0.1) is 0 Å². The van der Waals surface area contributed by atoms with Crippen LogP contribution in [0.25, 0.3) is 0 Å². The normalized spacial score (nSPS) is 23.8. The van der Waals surface area contributed by atoms with E-state index in [2.05, 4.69) is 22.5 Å².